The molecule has 1 saturated heterocycles. The van der Waals surface area contributed by atoms with Gasteiger partial charge in [-0.15, -0.1) is 0 Å². The van der Waals surface area contributed by atoms with Gasteiger partial charge in [-0.1, -0.05) is 0 Å². The van der Waals surface area contributed by atoms with Crippen LogP contribution in [0, 0.1) is 6.92 Å². The summed E-state index contributed by atoms with van der Waals surface area (Å²) >= 11 is 0. The van der Waals surface area contributed by atoms with Crippen molar-refractivity contribution in [2.75, 3.05) is 33.8 Å². The van der Waals surface area contributed by atoms with Crippen LogP contribution in [0.25, 0.3) is 0 Å². The first-order valence-corrected chi connectivity index (χ1v) is 9.86. The number of piperidine rings is 1. The van der Waals surface area contributed by atoms with Gasteiger partial charge in [-0.25, -0.2) is 4.98 Å². The molecule has 1 aliphatic heterocycles. The Labute approximate surface area is 166 Å². The van der Waals surface area contributed by atoms with Crippen molar-refractivity contribution in [3.63, 3.8) is 0 Å². The molecule has 1 aromatic carbocycles. The maximum Gasteiger partial charge on any atom is 0.251 e. The highest BCUT2D eigenvalue weighted by Crippen LogP contribution is 2.30. The Morgan fingerprint density at radius 3 is 2.75 bits per heavy atom. The molecule has 1 aliphatic rings. The van der Waals surface area contributed by atoms with Crippen LogP contribution in [0.5, 0.6) is 11.5 Å². The molecule has 7 nitrogen and oxygen atoms in total. The number of carbonyl (C=O) groups is 1. The normalized spacial score (nSPS) is 15.4. The lowest BCUT2D eigenvalue weighted by Gasteiger charge is -2.29. The van der Waals surface area contributed by atoms with Crippen LogP contribution in [0.15, 0.2) is 30.6 Å². The van der Waals surface area contributed by atoms with E-state index in [1.807, 2.05) is 19.2 Å². The molecule has 2 heterocycles. The molecule has 1 fully saturated rings. The van der Waals surface area contributed by atoms with Gasteiger partial charge in [0, 0.05) is 44.1 Å². The van der Waals surface area contributed by atoms with E-state index in [0.717, 1.165) is 44.7 Å². The molecular formula is C21H30N4O3. The highest BCUT2D eigenvalue weighted by atomic mass is 16.5. The Kier molecular flexibility index (Phi) is 6.92. The number of likely N-dealkylation sites (tertiary alicyclic amines) is 1. The number of hydrogen-bond donors (Lipinski definition) is 1. The average molecular weight is 386 g/mol. The Hall–Kier alpha value is -2.54. The van der Waals surface area contributed by atoms with Crippen LogP contribution in [0.4, 0.5) is 0 Å². The van der Waals surface area contributed by atoms with E-state index in [1.165, 1.54) is 0 Å². The Bertz CT molecular complexity index is 782. The van der Waals surface area contributed by atoms with E-state index in [1.54, 1.807) is 25.4 Å². The molecule has 3 rings (SSSR count). The van der Waals surface area contributed by atoms with Gasteiger partial charge in [0.25, 0.3) is 5.91 Å². The molecule has 1 N–H and O–H groups in total. The Morgan fingerprint density at radius 1 is 1.29 bits per heavy atom. The van der Waals surface area contributed by atoms with Crippen molar-refractivity contribution in [3.8, 4) is 11.5 Å². The van der Waals surface area contributed by atoms with Crippen molar-refractivity contribution in [1.82, 2.24) is 19.8 Å². The van der Waals surface area contributed by atoms with Gasteiger partial charge in [0.05, 0.1) is 7.11 Å². The number of aryl methyl sites for hydroxylation is 2. The number of amides is 1. The van der Waals surface area contributed by atoms with Crippen molar-refractivity contribution < 1.29 is 14.3 Å². The largest absolute Gasteiger partial charge is 0.493 e. The van der Waals surface area contributed by atoms with Crippen LogP contribution in [0.1, 0.15) is 35.4 Å². The van der Waals surface area contributed by atoms with Gasteiger partial charge in [0.2, 0.25) is 0 Å². The predicted molar refractivity (Wildman–Crippen MR) is 108 cm³/mol. The summed E-state index contributed by atoms with van der Waals surface area (Å²) in [5.41, 5.74) is 0.575. The topological polar surface area (TPSA) is 68.6 Å². The molecule has 0 spiro atoms. The quantitative estimate of drug-likeness (QED) is 0.706. The van der Waals surface area contributed by atoms with Gasteiger partial charge < -0.3 is 24.3 Å². The molecule has 152 valence electrons. The number of nitrogens with one attached hydrogen (secondary N) is 1. The van der Waals surface area contributed by atoms with Gasteiger partial charge >= 0.3 is 0 Å². The third-order valence-electron chi connectivity index (χ3n) is 5.17. The van der Waals surface area contributed by atoms with Crippen molar-refractivity contribution in [3.05, 3.63) is 42.0 Å². The fourth-order valence-electron chi connectivity index (χ4n) is 3.38. The summed E-state index contributed by atoms with van der Waals surface area (Å²) < 4.78 is 13.7. The molecule has 7 heteroatoms. The zero-order valence-electron chi connectivity index (χ0n) is 17.0. The summed E-state index contributed by atoms with van der Waals surface area (Å²) in [7, 11) is 3.73. The first kappa shape index (κ1) is 20.2. The summed E-state index contributed by atoms with van der Waals surface area (Å²) in [5.74, 6) is 2.17. The smallest absolute Gasteiger partial charge is 0.251 e. The van der Waals surface area contributed by atoms with E-state index < -0.39 is 0 Å². The van der Waals surface area contributed by atoms with Gasteiger partial charge in [0.1, 0.15) is 11.9 Å². The molecule has 0 aliphatic carbocycles. The molecule has 28 heavy (non-hydrogen) atoms. The highest BCUT2D eigenvalue weighted by molar-refractivity contribution is 5.94. The van der Waals surface area contributed by atoms with Crippen LogP contribution in [0.3, 0.4) is 0 Å². The minimum absolute atomic E-state index is 0.105. The average Bonchev–Trinajstić information content (AvgIpc) is 3.12. The first-order chi connectivity index (χ1) is 13.6. The fraction of sp³-hybridized carbons (Fsp3) is 0.524. The summed E-state index contributed by atoms with van der Waals surface area (Å²) in [6, 6.07) is 5.38. The van der Waals surface area contributed by atoms with Crippen molar-refractivity contribution in [1.29, 1.82) is 0 Å². The van der Waals surface area contributed by atoms with E-state index in [4.69, 9.17) is 9.47 Å². The summed E-state index contributed by atoms with van der Waals surface area (Å²) in [6.07, 6.45) is 6.77. The Balaban J connectivity index is 1.52. The number of rotatable bonds is 8. The van der Waals surface area contributed by atoms with Crippen LogP contribution in [-0.2, 0) is 6.54 Å². The zero-order valence-corrected chi connectivity index (χ0v) is 17.0. The third kappa shape index (κ3) is 5.25. The van der Waals surface area contributed by atoms with Gasteiger partial charge in [-0.2, -0.15) is 0 Å². The lowest BCUT2D eigenvalue weighted by molar-refractivity contribution is 0.0951. The molecular weight excluding hydrogens is 356 g/mol. The van der Waals surface area contributed by atoms with Gasteiger partial charge in [0.15, 0.2) is 11.5 Å². The summed E-state index contributed by atoms with van der Waals surface area (Å²) in [4.78, 5) is 18.9. The van der Waals surface area contributed by atoms with Crippen LogP contribution in [0.2, 0.25) is 0 Å². The summed E-state index contributed by atoms with van der Waals surface area (Å²) in [5, 5.41) is 2.96. The van der Waals surface area contributed by atoms with E-state index >= 15 is 0 Å². The minimum atomic E-state index is -0.105. The lowest BCUT2D eigenvalue weighted by Crippen LogP contribution is -2.35. The van der Waals surface area contributed by atoms with E-state index in [2.05, 4.69) is 26.8 Å². The molecule has 0 unspecified atom stereocenters. The Morgan fingerprint density at radius 2 is 2.07 bits per heavy atom. The van der Waals surface area contributed by atoms with Crippen molar-refractivity contribution >= 4 is 5.91 Å². The van der Waals surface area contributed by atoms with Gasteiger partial charge in [-0.3, -0.25) is 4.79 Å². The van der Waals surface area contributed by atoms with Gasteiger partial charge in [-0.05, 0) is 51.4 Å². The SMILES string of the molecule is COc1cc(C(=O)NCCCn2ccnc2C)ccc1OC1CCN(C)CC1. The molecule has 1 aromatic heterocycles. The maximum absolute atomic E-state index is 12.4. The monoisotopic (exact) mass is 386 g/mol. The number of ether oxygens (including phenoxy) is 2. The third-order valence-corrected chi connectivity index (χ3v) is 5.17. The number of carbonyl (C=O) groups excluding carboxylic acids is 1. The molecule has 0 radical (unpaired) electrons. The fourth-order valence-corrected chi connectivity index (χ4v) is 3.38. The molecule has 1 amide bonds. The van der Waals surface area contributed by atoms with Crippen molar-refractivity contribution in [2.24, 2.45) is 0 Å². The molecule has 0 atom stereocenters. The lowest BCUT2D eigenvalue weighted by atomic mass is 10.1. The van der Waals surface area contributed by atoms with E-state index in [0.29, 0.717) is 23.6 Å². The molecule has 2 aromatic rings. The maximum atomic E-state index is 12.4. The second kappa shape index (κ2) is 9.59. The number of methoxy groups -OCH3 is 1. The standard InChI is InChI=1S/C21H30N4O3/c1-16-22-10-14-25(16)11-4-9-23-21(26)17-5-6-19(20(15-17)27-3)28-18-7-12-24(2)13-8-18/h5-6,10,14-15,18H,4,7-9,11-13H2,1-3H3,(H,23,26). The van der Waals surface area contributed by atoms with Crippen LogP contribution >= 0.6 is 0 Å². The second-order valence-electron chi connectivity index (χ2n) is 7.26. The van der Waals surface area contributed by atoms with E-state index in [9.17, 15) is 4.79 Å². The summed E-state index contributed by atoms with van der Waals surface area (Å²) in [6.45, 7) is 5.48. The number of nitrogens with zero attached hydrogens (tertiary/aromatic N) is 3. The molecule has 0 saturated carbocycles. The second-order valence-corrected chi connectivity index (χ2v) is 7.26. The van der Waals surface area contributed by atoms with E-state index in [-0.39, 0.29) is 12.0 Å². The van der Waals surface area contributed by atoms with Crippen molar-refractivity contribution in [2.45, 2.75) is 38.8 Å². The van der Waals surface area contributed by atoms with Crippen LogP contribution in [-0.4, -0.2) is 60.3 Å². The number of benzene rings is 1. The first-order valence-electron chi connectivity index (χ1n) is 9.86. The van der Waals surface area contributed by atoms with Crippen LogP contribution < -0.4 is 14.8 Å². The number of hydrogen-bond acceptors (Lipinski definition) is 5. The highest BCUT2D eigenvalue weighted by Gasteiger charge is 2.20. The number of aromatic nitrogens is 2. The zero-order chi connectivity index (χ0) is 19.9. The number of imidazole rings is 1. The predicted octanol–water partition coefficient (Wildman–Crippen LogP) is 2.49. The minimum Gasteiger partial charge on any atom is -0.493 e. The molecule has 0 bridgehead atoms.